The number of carboxylic acids is 1. The van der Waals surface area contributed by atoms with E-state index in [4.69, 9.17) is 5.11 Å². The van der Waals surface area contributed by atoms with Crippen LogP contribution in [0.2, 0.25) is 0 Å². The van der Waals surface area contributed by atoms with Crippen molar-refractivity contribution in [2.75, 3.05) is 5.32 Å². The summed E-state index contributed by atoms with van der Waals surface area (Å²) in [4.78, 5) is 23.1. The molecule has 6 nitrogen and oxygen atoms in total. The van der Waals surface area contributed by atoms with Gasteiger partial charge in [0.15, 0.2) is 0 Å². The van der Waals surface area contributed by atoms with Crippen LogP contribution in [0.25, 0.3) is 6.08 Å². The van der Waals surface area contributed by atoms with Crippen molar-refractivity contribution in [3.05, 3.63) is 46.0 Å². The number of aliphatic carboxylic acids is 1. The zero-order valence-corrected chi connectivity index (χ0v) is 12.3. The number of anilines is 1. The Bertz CT molecular complexity index is 722. The molecule has 2 N–H and O–H groups in total. The molecule has 0 aliphatic rings. The molecule has 0 unspecified atom stereocenters. The largest absolute Gasteiger partial charge is 0.478 e. The van der Waals surface area contributed by atoms with Crippen LogP contribution in [0.4, 0.5) is 5.69 Å². The molecule has 0 saturated heterocycles. The third kappa shape index (κ3) is 3.73. The van der Waals surface area contributed by atoms with E-state index in [1.165, 1.54) is 6.08 Å². The zero-order chi connectivity index (χ0) is 15.4. The van der Waals surface area contributed by atoms with Gasteiger partial charge in [-0.3, -0.25) is 4.79 Å². The third-order valence-electron chi connectivity index (χ3n) is 2.79. The van der Waals surface area contributed by atoms with Gasteiger partial charge in [0.25, 0.3) is 5.91 Å². The highest BCUT2D eigenvalue weighted by molar-refractivity contribution is 7.08. The van der Waals surface area contributed by atoms with Crippen LogP contribution in [-0.4, -0.2) is 26.6 Å². The van der Waals surface area contributed by atoms with Gasteiger partial charge in [0, 0.05) is 11.8 Å². The summed E-state index contributed by atoms with van der Waals surface area (Å²) in [7, 11) is 0. The molecule has 2 rings (SSSR count). The van der Waals surface area contributed by atoms with E-state index in [1.54, 1.807) is 19.1 Å². The van der Waals surface area contributed by atoms with E-state index in [1.807, 2.05) is 13.0 Å². The topological polar surface area (TPSA) is 92.2 Å². The zero-order valence-electron chi connectivity index (χ0n) is 11.5. The molecule has 108 valence electrons. The van der Waals surface area contributed by atoms with E-state index in [9.17, 15) is 9.59 Å². The summed E-state index contributed by atoms with van der Waals surface area (Å²) in [6.07, 6.45) is 2.52. The van der Waals surface area contributed by atoms with Gasteiger partial charge in [-0.25, -0.2) is 4.79 Å². The normalized spacial score (nSPS) is 10.8. The maximum Gasteiger partial charge on any atom is 0.328 e. The highest BCUT2D eigenvalue weighted by Crippen LogP contribution is 2.20. The quantitative estimate of drug-likeness (QED) is 0.847. The summed E-state index contributed by atoms with van der Waals surface area (Å²) in [5, 5.41) is 15.2. The molecule has 1 heterocycles. The Hall–Kier alpha value is -2.54. The predicted octanol–water partition coefficient (Wildman–Crippen LogP) is 2.51. The van der Waals surface area contributed by atoms with Crippen LogP contribution in [-0.2, 0) is 4.79 Å². The number of benzene rings is 1. The molecule has 0 radical (unpaired) electrons. The molecule has 1 amide bonds. The van der Waals surface area contributed by atoms with Crippen LogP contribution >= 0.6 is 11.5 Å². The molecule has 2 aromatic rings. The second-order valence-electron chi connectivity index (χ2n) is 4.39. The maximum absolute atomic E-state index is 12.1. The van der Waals surface area contributed by atoms with Gasteiger partial charge in [-0.05, 0) is 48.6 Å². The summed E-state index contributed by atoms with van der Waals surface area (Å²) in [5.41, 5.74) is 2.78. The first-order valence-corrected chi connectivity index (χ1v) is 6.86. The highest BCUT2D eigenvalue weighted by atomic mass is 32.1. The lowest BCUT2D eigenvalue weighted by Crippen LogP contribution is -2.12. The van der Waals surface area contributed by atoms with Crippen LogP contribution in [0.1, 0.15) is 26.5 Å². The first-order valence-electron chi connectivity index (χ1n) is 6.09. The van der Waals surface area contributed by atoms with Gasteiger partial charge < -0.3 is 10.4 Å². The molecule has 0 bridgehead atoms. The van der Waals surface area contributed by atoms with Crippen LogP contribution < -0.4 is 5.32 Å². The molecular formula is C14H13N3O3S. The number of hydrogen-bond donors (Lipinski definition) is 2. The fourth-order valence-electron chi connectivity index (χ4n) is 1.66. The van der Waals surface area contributed by atoms with Gasteiger partial charge >= 0.3 is 5.97 Å². The Morgan fingerprint density at radius 1 is 1.33 bits per heavy atom. The minimum atomic E-state index is -1.02. The number of aryl methyl sites for hydroxylation is 2. The van der Waals surface area contributed by atoms with Crippen LogP contribution in [0, 0.1) is 13.8 Å². The average Bonchev–Trinajstić information content (AvgIpc) is 2.86. The summed E-state index contributed by atoms with van der Waals surface area (Å²) in [5.74, 6) is -1.29. The van der Waals surface area contributed by atoms with Crippen molar-refractivity contribution < 1.29 is 14.7 Å². The summed E-state index contributed by atoms with van der Waals surface area (Å²) < 4.78 is 3.73. The number of hydrogen-bond acceptors (Lipinski definition) is 5. The number of amides is 1. The van der Waals surface area contributed by atoms with Gasteiger partial charge in [-0.15, -0.1) is 5.10 Å². The number of carboxylic acid groups (broad SMARTS) is 1. The van der Waals surface area contributed by atoms with E-state index in [-0.39, 0.29) is 5.91 Å². The van der Waals surface area contributed by atoms with Crippen molar-refractivity contribution in [2.45, 2.75) is 13.8 Å². The van der Waals surface area contributed by atoms with E-state index >= 15 is 0 Å². The Balaban J connectivity index is 2.23. The molecular weight excluding hydrogens is 290 g/mol. The molecule has 0 saturated carbocycles. The van der Waals surface area contributed by atoms with Crippen molar-refractivity contribution >= 4 is 35.2 Å². The Morgan fingerprint density at radius 2 is 2.10 bits per heavy atom. The van der Waals surface area contributed by atoms with Gasteiger partial charge in [-0.1, -0.05) is 16.6 Å². The van der Waals surface area contributed by atoms with Crippen molar-refractivity contribution in [1.82, 2.24) is 9.59 Å². The summed E-state index contributed by atoms with van der Waals surface area (Å²) in [6.45, 7) is 3.58. The molecule has 0 atom stereocenters. The lowest BCUT2D eigenvalue weighted by molar-refractivity contribution is -0.131. The van der Waals surface area contributed by atoms with Crippen molar-refractivity contribution in [2.24, 2.45) is 0 Å². The van der Waals surface area contributed by atoms with E-state index in [2.05, 4.69) is 14.9 Å². The molecule has 7 heteroatoms. The number of carbonyl (C=O) groups excluding carboxylic acids is 1. The van der Waals surface area contributed by atoms with E-state index in [0.29, 0.717) is 21.8 Å². The molecule has 21 heavy (non-hydrogen) atoms. The lowest BCUT2D eigenvalue weighted by Gasteiger charge is -2.08. The number of nitrogens with one attached hydrogen (secondary N) is 1. The van der Waals surface area contributed by atoms with Crippen LogP contribution in [0.5, 0.6) is 0 Å². The standard InChI is InChI=1S/C14H13N3O3S/c1-8-3-4-10(5-6-12(18)19)7-11(8)15-14(20)13-9(2)16-17-21-13/h3-7H,1-2H3,(H,15,20)(H,18,19). The second-order valence-corrected chi connectivity index (χ2v) is 5.14. The minimum Gasteiger partial charge on any atom is -0.478 e. The van der Waals surface area contributed by atoms with E-state index < -0.39 is 5.97 Å². The predicted molar refractivity (Wildman–Crippen MR) is 80.4 cm³/mol. The van der Waals surface area contributed by atoms with E-state index in [0.717, 1.165) is 23.2 Å². The molecule has 0 spiro atoms. The van der Waals surface area contributed by atoms with Crippen LogP contribution in [0.15, 0.2) is 24.3 Å². The molecule has 0 fully saturated rings. The monoisotopic (exact) mass is 303 g/mol. The number of aromatic nitrogens is 2. The number of nitrogens with zero attached hydrogens (tertiary/aromatic N) is 2. The minimum absolute atomic E-state index is 0.273. The van der Waals surface area contributed by atoms with Gasteiger partial charge in [-0.2, -0.15) is 0 Å². The fourth-order valence-corrected chi connectivity index (χ4v) is 2.22. The van der Waals surface area contributed by atoms with Gasteiger partial charge in [0.2, 0.25) is 0 Å². The SMILES string of the molecule is Cc1ccc(C=CC(=O)O)cc1NC(=O)c1snnc1C. The molecule has 0 aliphatic heterocycles. The molecule has 1 aromatic heterocycles. The highest BCUT2D eigenvalue weighted by Gasteiger charge is 2.14. The second kappa shape index (κ2) is 6.27. The van der Waals surface area contributed by atoms with Crippen molar-refractivity contribution in [3.63, 3.8) is 0 Å². The Labute approximate surface area is 125 Å². The molecule has 1 aromatic carbocycles. The summed E-state index contributed by atoms with van der Waals surface area (Å²) >= 11 is 1.04. The van der Waals surface area contributed by atoms with Crippen molar-refractivity contribution in [3.8, 4) is 0 Å². The van der Waals surface area contributed by atoms with Gasteiger partial charge in [0.1, 0.15) is 4.88 Å². The fraction of sp³-hybridized carbons (Fsp3) is 0.143. The maximum atomic E-state index is 12.1. The smallest absolute Gasteiger partial charge is 0.328 e. The first-order chi connectivity index (χ1) is 9.97. The first kappa shape index (κ1) is 14.9. The van der Waals surface area contributed by atoms with Crippen molar-refractivity contribution in [1.29, 1.82) is 0 Å². The number of rotatable bonds is 4. The van der Waals surface area contributed by atoms with Crippen LogP contribution in [0.3, 0.4) is 0 Å². The number of carbonyl (C=O) groups is 2. The van der Waals surface area contributed by atoms with Gasteiger partial charge in [0.05, 0.1) is 5.69 Å². The average molecular weight is 303 g/mol. The molecule has 0 aliphatic carbocycles. The Kier molecular flexibility index (Phi) is 4.44. The summed E-state index contributed by atoms with van der Waals surface area (Å²) in [6, 6.07) is 5.31. The lowest BCUT2D eigenvalue weighted by atomic mass is 10.1. The Morgan fingerprint density at radius 3 is 2.71 bits per heavy atom. The third-order valence-corrected chi connectivity index (χ3v) is 3.61.